The molecule has 0 aromatic heterocycles. The first-order valence-corrected chi connectivity index (χ1v) is 21.5. The minimum Gasteiger partial charge on any atom is -0.480 e. The fraction of sp³-hybridized carbons (Fsp3) is 0.756. The van der Waals surface area contributed by atoms with Gasteiger partial charge in [-0.25, -0.2) is 4.79 Å². The topological polar surface area (TPSA) is 119 Å². The predicted octanol–water partition coefficient (Wildman–Crippen LogP) is 12.0. The number of esters is 1. The van der Waals surface area contributed by atoms with Crippen molar-refractivity contribution in [2.45, 2.75) is 212 Å². The number of hydrogen-bond donors (Lipinski definition) is 3. The molecule has 0 heterocycles. The molecule has 0 fully saturated rings. The van der Waals surface area contributed by atoms with Crippen LogP contribution in [0.15, 0.2) is 48.6 Å². The summed E-state index contributed by atoms with van der Waals surface area (Å²) in [5.74, 6) is -1.33. The highest BCUT2D eigenvalue weighted by Crippen LogP contribution is 2.16. The Morgan fingerprint density at radius 1 is 0.577 bits per heavy atom. The molecular formula is C45H80N2O5. The fourth-order valence-electron chi connectivity index (χ4n) is 6.18. The zero-order valence-electron chi connectivity index (χ0n) is 33.6. The van der Waals surface area contributed by atoms with Crippen LogP contribution in [0.25, 0.3) is 0 Å². The van der Waals surface area contributed by atoms with Crippen molar-refractivity contribution in [1.82, 2.24) is 5.32 Å². The third-order valence-corrected chi connectivity index (χ3v) is 9.39. The molecule has 0 aliphatic carbocycles. The van der Waals surface area contributed by atoms with Gasteiger partial charge in [0.2, 0.25) is 5.91 Å². The molecule has 1 amide bonds. The molecule has 7 heteroatoms. The van der Waals surface area contributed by atoms with Gasteiger partial charge in [-0.15, -0.1) is 0 Å². The summed E-state index contributed by atoms with van der Waals surface area (Å²) in [4.78, 5) is 36.3. The van der Waals surface area contributed by atoms with Crippen LogP contribution in [0.4, 0.5) is 0 Å². The van der Waals surface area contributed by atoms with Crippen LogP contribution in [-0.2, 0) is 19.1 Å². The van der Waals surface area contributed by atoms with Gasteiger partial charge in [0.15, 0.2) is 0 Å². The van der Waals surface area contributed by atoms with E-state index in [0.717, 1.165) is 77.0 Å². The summed E-state index contributed by atoms with van der Waals surface area (Å²) in [5, 5.41) is 11.9. The zero-order chi connectivity index (χ0) is 38.2. The average molecular weight is 729 g/mol. The Morgan fingerprint density at radius 3 is 1.54 bits per heavy atom. The van der Waals surface area contributed by atoms with Crippen LogP contribution in [0.5, 0.6) is 0 Å². The van der Waals surface area contributed by atoms with Gasteiger partial charge < -0.3 is 20.9 Å². The van der Waals surface area contributed by atoms with Crippen LogP contribution >= 0.6 is 0 Å². The fourth-order valence-corrected chi connectivity index (χ4v) is 6.18. The Kier molecular flexibility index (Phi) is 37.5. The van der Waals surface area contributed by atoms with Crippen molar-refractivity contribution in [1.29, 1.82) is 0 Å². The molecule has 0 aromatic carbocycles. The number of aliphatic carboxylic acids is 1. The van der Waals surface area contributed by atoms with E-state index < -0.39 is 12.0 Å². The predicted molar refractivity (Wildman–Crippen MR) is 220 cm³/mol. The van der Waals surface area contributed by atoms with E-state index in [2.05, 4.69) is 61.7 Å². The Labute approximate surface area is 319 Å². The molecule has 0 aliphatic heterocycles. The van der Waals surface area contributed by atoms with Gasteiger partial charge in [-0.1, -0.05) is 166 Å². The van der Waals surface area contributed by atoms with Crippen molar-refractivity contribution in [3.05, 3.63) is 48.6 Å². The second-order valence-electron chi connectivity index (χ2n) is 14.4. The van der Waals surface area contributed by atoms with E-state index in [9.17, 15) is 19.5 Å². The molecule has 52 heavy (non-hydrogen) atoms. The molecular weight excluding hydrogens is 649 g/mol. The lowest BCUT2D eigenvalue weighted by Gasteiger charge is -2.15. The van der Waals surface area contributed by atoms with E-state index in [1.807, 2.05) is 6.08 Å². The summed E-state index contributed by atoms with van der Waals surface area (Å²) >= 11 is 0. The minimum absolute atomic E-state index is 0.0979. The van der Waals surface area contributed by atoms with Gasteiger partial charge in [0.05, 0.1) is 0 Å². The van der Waals surface area contributed by atoms with Gasteiger partial charge in [0.25, 0.3) is 0 Å². The van der Waals surface area contributed by atoms with Gasteiger partial charge >= 0.3 is 11.9 Å². The van der Waals surface area contributed by atoms with E-state index in [0.29, 0.717) is 32.2 Å². The number of carbonyl (C=O) groups is 3. The smallest absolute Gasteiger partial charge is 0.326 e. The SMILES string of the molecule is CC/C=C\C/C=C\C/C=C\C/C=C\C(CCCCCCCC(=O)NC(CCCN)C(=O)O)OC(=O)CCCCCCCCCCCCCCCCC. The maximum Gasteiger partial charge on any atom is 0.326 e. The Bertz CT molecular complexity index is 957. The molecule has 2 unspecified atom stereocenters. The number of carboxylic acid groups (broad SMARTS) is 1. The van der Waals surface area contributed by atoms with Crippen LogP contribution in [0.2, 0.25) is 0 Å². The standard InChI is InChI=1S/C45H80N2O5/c1-3-5-7-9-11-13-15-16-17-18-20-22-24-29-33-39-44(49)52-41(35-30-26-23-21-19-14-12-10-8-6-4-2)36-31-27-25-28-32-38-43(48)47-42(45(50)51)37-34-40-46/h6,8,12,14,21,23,30,35,41-42H,3-5,7,9-11,13,15-20,22,24-29,31-34,36-40,46H2,1-2H3,(H,47,48)(H,50,51)/b8-6-,14-12-,23-21-,35-30-. The normalized spacial score (nSPS) is 13.1. The zero-order valence-corrected chi connectivity index (χ0v) is 33.6. The number of nitrogens with two attached hydrogens (primary N) is 1. The quantitative estimate of drug-likeness (QED) is 0.0331. The number of unbranched alkanes of at least 4 members (excludes halogenated alkanes) is 18. The second-order valence-corrected chi connectivity index (χ2v) is 14.4. The van der Waals surface area contributed by atoms with E-state index in [1.54, 1.807) is 0 Å². The van der Waals surface area contributed by atoms with Crippen molar-refractivity contribution in [2.24, 2.45) is 5.73 Å². The molecule has 0 rings (SSSR count). The Hall–Kier alpha value is -2.67. The van der Waals surface area contributed by atoms with Crippen LogP contribution in [0.3, 0.4) is 0 Å². The van der Waals surface area contributed by atoms with Crippen molar-refractivity contribution in [3.63, 3.8) is 0 Å². The number of amides is 1. The lowest BCUT2D eigenvalue weighted by atomic mass is 10.0. The number of carboxylic acids is 1. The van der Waals surface area contributed by atoms with Gasteiger partial charge in [-0.3, -0.25) is 9.59 Å². The molecule has 0 aromatic rings. The molecule has 0 saturated carbocycles. The molecule has 0 radical (unpaired) electrons. The number of allylic oxidation sites excluding steroid dienone is 7. The Morgan fingerprint density at radius 2 is 1.04 bits per heavy atom. The van der Waals surface area contributed by atoms with Crippen molar-refractivity contribution < 1.29 is 24.2 Å². The highest BCUT2D eigenvalue weighted by molar-refractivity contribution is 5.83. The summed E-state index contributed by atoms with van der Waals surface area (Å²) < 4.78 is 5.93. The lowest BCUT2D eigenvalue weighted by Crippen LogP contribution is -2.40. The van der Waals surface area contributed by atoms with Gasteiger partial charge in [-0.2, -0.15) is 0 Å². The largest absolute Gasteiger partial charge is 0.480 e. The Balaban J connectivity index is 4.40. The van der Waals surface area contributed by atoms with Crippen molar-refractivity contribution >= 4 is 17.8 Å². The van der Waals surface area contributed by atoms with Crippen molar-refractivity contribution in [3.8, 4) is 0 Å². The monoisotopic (exact) mass is 729 g/mol. The summed E-state index contributed by atoms with van der Waals surface area (Å²) in [5.41, 5.74) is 5.48. The summed E-state index contributed by atoms with van der Waals surface area (Å²) in [6.07, 6.45) is 47.4. The summed E-state index contributed by atoms with van der Waals surface area (Å²) in [7, 11) is 0. The van der Waals surface area contributed by atoms with Crippen LogP contribution in [0, 0.1) is 0 Å². The van der Waals surface area contributed by atoms with Crippen LogP contribution in [-0.4, -0.2) is 41.6 Å². The molecule has 0 spiro atoms. The first kappa shape index (κ1) is 49.3. The van der Waals surface area contributed by atoms with E-state index >= 15 is 0 Å². The minimum atomic E-state index is -1.01. The first-order chi connectivity index (χ1) is 25.4. The number of carbonyl (C=O) groups excluding carboxylic acids is 2. The van der Waals surface area contributed by atoms with Gasteiger partial charge in [0.1, 0.15) is 12.1 Å². The summed E-state index contributed by atoms with van der Waals surface area (Å²) in [6, 6.07) is -0.867. The second kappa shape index (κ2) is 39.5. The summed E-state index contributed by atoms with van der Waals surface area (Å²) in [6.45, 7) is 4.82. The highest BCUT2D eigenvalue weighted by Gasteiger charge is 2.18. The first-order valence-electron chi connectivity index (χ1n) is 21.5. The third-order valence-electron chi connectivity index (χ3n) is 9.39. The molecule has 0 aliphatic rings. The third kappa shape index (κ3) is 35.7. The number of hydrogen-bond acceptors (Lipinski definition) is 5. The van der Waals surface area contributed by atoms with Gasteiger partial charge in [0, 0.05) is 12.8 Å². The maximum atomic E-state index is 12.7. The van der Waals surface area contributed by atoms with Crippen molar-refractivity contribution in [2.75, 3.05) is 6.54 Å². The molecule has 2 atom stereocenters. The number of rotatable bonds is 38. The van der Waals surface area contributed by atoms with E-state index in [-0.39, 0.29) is 18.0 Å². The number of ether oxygens (including phenoxy) is 1. The highest BCUT2D eigenvalue weighted by atomic mass is 16.5. The number of nitrogens with one attached hydrogen (secondary N) is 1. The molecule has 300 valence electrons. The maximum absolute atomic E-state index is 12.7. The lowest BCUT2D eigenvalue weighted by molar-refractivity contribution is -0.147. The molecule has 0 bridgehead atoms. The average Bonchev–Trinajstić information content (AvgIpc) is 3.13. The van der Waals surface area contributed by atoms with Crippen LogP contribution in [0.1, 0.15) is 200 Å². The van der Waals surface area contributed by atoms with Gasteiger partial charge in [-0.05, 0) is 76.8 Å². The van der Waals surface area contributed by atoms with E-state index in [4.69, 9.17) is 10.5 Å². The molecule has 7 nitrogen and oxygen atoms in total. The molecule has 0 saturated heterocycles. The van der Waals surface area contributed by atoms with Crippen LogP contribution < -0.4 is 11.1 Å². The molecule has 4 N–H and O–H groups in total. The van der Waals surface area contributed by atoms with E-state index in [1.165, 1.54) is 83.5 Å².